The molecule has 6 nitrogen and oxygen atoms in total. The number of benzene rings is 1. The molecule has 1 atom stereocenters. The molecule has 0 aliphatic rings. The summed E-state index contributed by atoms with van der Waals surface area (Å²) in [5.41, 5.74) is 7.73. The maximum atomic E-state index is 12.1. The number of nitrogens with one attached hydrogen (secondary N) is 2. The number of rotatable bonds is 5. The van der Waals surface area contributed by atoms with Crippen molar-refractivity contribution in [2.75, 3.05) is 5.43 Å². The van der Waals surface area contributed by atoms with Crippen LogP contribution >= 0.6 is 11.6 Å². The Hall–Kier alpha value is -2.34. The number of hydrazine groups is 1. The molecule has 0 aliphatic carbocycles. The average Bonchev–Trinajstić information content (AvgIpc) is 2.46. The second kappa shape index (κ2) is 7.28. The Balaban J connectivity index is 1.94. The standard InChI is InChI=1S/C16H19ClN4O2/c1-9-7-13(17)5-6-14(9)23-12(4)15(22)20-21-16-18-10(2)8-11(3)19-16/h5-8,12H,1-4H3,(H,20,22)(H,18,19,21)/t12-/m1/s1. The lowest BCUT2D eigenvalue weighted by Crippen LogP contribution is -2.40. The van der Waals surface area contributed by atoms with Crippen LogP contribution in [-0.2, 0) is 4.79 Å². The molecule has 0 spiro atoms. The van der Waals surface area contributed by atoms with E-state index >= 15 is 0 Å². The third-order valence-electron chi connectivity index (χ3n) is 3.09. The maximum absolute atomic E-state index is 12.1. The maximum Gasteiger partial charge on any atom is 0.279 e. The summed E-state index contributed by atoms with van der Waals surface area (Å²) in [6, 6.07) is 7.09. The number of carbonyl (C=O) groups is 1. The number of nitrogens with zero attached hydrogens (tertiary/aromatic N) is 2. The summed E-state index contributed by atoms with van der Waals surface area (Å²) in [5.74, 6) is 0.618. The van der Waals surface area contributed by atoms with Crippen LogP contribution in [0.1, 0.15) is 23.9 Å². The number of aromatic nitrogens is 2. The second-order valence-electron chi connectivity index (χ2n) is 5.26. The molecule has 0 saturated carbocycles. The zero-order chi connectivity index (χ0) is 17.0. The Morgan fingerprint density at radius 3 is 2.43 bits per heavy atom. The minimum absolute atomic E-state index is 0.331. The number of hydrogen-bond donors (Lipinski definition) is 2. The number of halogens is 1. The van der Waals surface area contributed by atoms with Gasteiger partial charge in [0.15, 0.2) is 6.10 Å². The van der Waals surface area contributed by atoms with Crippen molar-refractivity contribution in [3.63, 3.8) is 0 Å². The Morgan fingerprint density at radius 2 is 1.83 bits per heavy atom. The second-order valence-corrected chi connectivity index (χ2v) is 5.69. The summed E-state index contributed by atoms with van der Waals surface area (Å²) >= 11 is 5.90. The lowest BCUT2D eigenvalue weighted by Gasteiger charge is -2.16. The monoisotopic (exact) mass is 334 g/mol. The molecule has 0 saturated heterocycles. The molecule has 23 heavy (non-hydrogen) atoms. The SMILES string of the molecule is Cc1cc(C)nc(NNC(=O)[C@@H](C)Oc2ccc(Cl)cc2C)n1. The van der Waals surface area contributed by atoms with Crippen molar-refractivity contribution < 1.29 is 9.53 Å². The topological polar surface area (TPSA) is 76.1 Å². The van der Waals surface area contributed by atoms with Gasteiger partial charge in [-0.05, 0) is 57.5 Å². The number of aryl methyl sites for hydroxylation is 3. The normalized spacial score (nSPS) is 11.7. The molecule has 0 radical (unpaired) electrons. The van der Waals surface area contributed by atoms with Gasteiger partial charge in [0.25, 0.3) is 5.91 Å². The zero-order valence-electron chi connectivity index (χ0n) is 13.5. The average molecular weight is 335 g/mol. The molecule has 1 heterocycles. The van der Waals surface area contributed by atoms with Crippen LogP contribution in [0, 0.1) is 20.8 Å². The van der Waals surface area contributed by atoms with E-state index in [9.17, 15) is 4.79 Å². The van der Waals surface area contributed by atoms with Crippen LogP contribution in [0.4, 0.5) is 5.95 Å². The number of ether oxygens (including phenoxy) is 1. The van der Waals surface area contributed by atoms with E-state index in [4.69, 9.17) is 16.3 Å². The fourth-order valence-electron chi connectivity index (χ4n) is 1.99. The zero-order valence-corrected chi connectivity index (χ0v) is 14.2. The summed E-state index contributed by atoms with van der Waals surface area (Å²) in [5, 5.41) is 0.626. The molecule has 7 heteroatoms. The van der Waals surface area contributed by atoms with E-state index < -0.39 is 6.10 Å². The molecular formula is C16H19ClN4O2. The summed E-state index contributed by atoms with van der Waals surface area (Å²) in [4.78, 5) is 20.4. The number of hydrogen-bond acceptors (Lipinski definition) is 5. The van der Waals surface area contributed by atoms with Crippen LogP contribution in [-0.4, -0.2) is 22.0 Å². The number of carbonyl (C=O) groups excluding carboxylic acids is 1. The highest BCUT2D eigenvalue weighted by Gasteiger charge is 2.16. The van der Waals surface area contributed by atoms with E-state index in [-0.39, 0.29) is 5.91 Å². The quantitative estimate of drug-likeness (QED) is 0.822. The van der Waals surface area contributed by atoms with Crippen LogP contribution in [0.5, 0.6) is 5.75 Å². The van der Waals surface area contributed by atoms with Crippen molar-refractivity contribution in [1.82, 2.24) is 15.4 Å². The largest absolute Gasteiger partial charge is 0.481 e. The van der Waals surface area contributed by atoms with Crippen LogP contribution in [0.3, 0.4) is 0 Å². The summed E-state index contributed by atoms with van der Waals surface area (Å²) in [7, 11) is 0. The fourth-order valence-corrected chi connectivity index (χ4v) is 2.22. The Labute approximate surface area is 140 Å². The Kier molecular flexibility index (Phi) is 5.39. The van der Waals surface area contributed by atoms with E-state index in [1.807, 2.05) is 26.8 Å². The van der Waals surface area contributed by atoms with E-state index in [1.165, 1.54) is 0 Å². The third kappa shape index (κ3) is 4.82. The number of anilines is 1. The summed E-state index contributed by atoms with van der Waals surface area (Å²) in [6.07, 6.45) is -0.687. The van der Waals surface area contributed by atoms with E-state index in [2.05, 4.69) is 20.8 Å². The lowest BCUT2D eigenvalue weighted by atomic mass is 10.2. The smallest absolute Gasteiger partial charge is 0.279 e. The molecule has 2 N–H and O–H groups in total. The van der Waals surface area contributed by atoms with Crippen LogP contribution in [0.2, 0.25) is 5.02 Å². The molecule has 1 aromatic carbocycles. The first-order chi connectivity index (χ1) is 10.8. The predicted molar refractivity (Wildman–Crippen MR) is 89.6 cm³/mol. The first kappa shape index (κ1) is 17.0. The van der Waals surface area contributed by atoms with Crippen LogP contribution in [0.15, 0.2) is 24.3 Å². The summed E-state index contributed by atoms with van der Waals surface area (Å²) < 4.78 is 5.65. The molecule has 0 fully saturated rings. The van der Waals surface area contributed by atoms with Crippen molar-refractivity contribution in [3.05, 3.63) is 46.2 Å². The van der Waals surface area contributed by atoms with Gasteiger partial charge < -0.3 is 4.74 Å². The van der Waals surface area contributed by atoms with Crippen LogP contribution < -0.4 is 15.6 Å². The highest BCUT2D eigenvalue weighted by atomic mass is 35.5. The van der Waals surface area contributed by atoms with Crippen molar-refractivity contribution in [3.8, 4) is 5.75 Å². The highest BCUT2D eigenvalue weighted by Crippen LogP contribution is 2.22. The van der Waals surface area contributed by atoms with Crippen molar-refractivity contribution >= 4 is 23.5 Å². The van der Waals surface area contributed by atoms with Gasteiger partial charge in [0.1, 0.15) is 5.75 Å². The molecule has 1 aromatic heterocycles. The van der Waals surface area contributed by atoms with Gasteiger partial charge in [-0.15, -0.1) is 0 Å². The fraction of sp³-hybridized carbons (Fsp3) is 0.312. The first-order valence-corrected chi connectivity index (χ1v) is 7.54. The molecule has 0 aliphatic heterocycles. The predicted octanol–water partition coefficient (Wildman–Crippen LogP) is 2.97. The third-order valence-corrected chi connectivity index (χ3v) is 3.32. The van der Waals surface area contributed by atoms with Gasteiger partial charge in [-0.2, -0.15) is 0 Å². The molecule has 122 valence electrons. The van der Waals surface area contributed by atoms with Gasteiger partial charge in [0.2, 0.25) is 5.95 Å². The summed E-state index contributed by atoms with van der Waals surface area (Å²) in [6.45, 7) is 7.24. The van der Waals surface area contributed by atoms with Gasteiger partial charge in [0.05, 0.1) is 0 Å². The number of amides is 1. The molecule has 0 bridgehead atoms. The Morgan fingerprint density at radius 1 is 1.17 bits per heavy atom. The molecule has 0 unspecified atom stereocenters. The first-order valence-electron chi connectivity index (χ1n) is 7.16. The lowest BCUT2D eigenvalue weighted by molar-refractivity contribution is -0.126. The van der Waals surface area contributed by atoms with Crippen molar-refractivity contribution in [2.45, 2.75) is 33.8 Å². The molecular weight excluding hydrogens is 316 g/mol. The van der Waals surface area contributed by atoms with Gasteiger partial charge >= 0.3 is 0 Å². The van der Waals surface area contributed by atoms with Gasteiger partial charge in [-0.25, -0.2) is 9.97 Å². The minimum atomic E-state index is -0.687. The molecule has 1 amide bonds. The van der Waals surface area contributed by atoms with Crippen molar-refractivity contribution in [2.24, 2.45) is 0 Å². The van der Waals surface area contributed by atoms with E-state index in [0.29, 0.717) is 16.7 Å². The van der Waals surface area contributed by atoms with Gasteiger partial charge in [-0.1, -0.05) is 11.6 Å². The Bertz CT molecular complexity index is 701. The van der Waals surface area contributed by atoms with Gasteiger partial charge in [-0.3, -0.25) is 15.6 Å². The van der Waals surface area contributed by atoms with E-state index in [0.717, 1.165) is 17.0 Å². The van der Waals surface area contributed by atoms with E-state index in [1.54, 1.807) is 25.1 Å². The highest BCUT2D eigenvalue weighted by molar-refractivity contribution is 6.30. The molecule has 2 rings (SSSR count). The minimum Gasteiger partial charge on any atom is -0.481 e. The molecule has 2 aromatic rings. The van der Waals surface area contributed by atoms with Crippen molar-refractivity contribution in [1.29, 1.82) is 0 Å². The van der Waals surface area contributed by atoms with Crippen LogP contribution in [0.25, 0.3) is 0 Å². The van der Waals surface area contributed by atoms with Gasteiger partial charge in [0, 0.05) is 16.4 Å².